The lowest BCUT2D eigenvalue weighted by Crippen LogP contribution is -2.43. The molecule has 2 unspecified atom stereocenters. The summed E-state index contributed by atoms with van der Waals surface area (Å²) < 4.78 is 5.95. The molecular formula is C22H34N2O6. The maximum Gasteiger partial charge on any atom is 0.220 e. The Kier molecular flexibility index (Phi) is 11.0. The van der Waals surface area contributed by atoms with Crippen LogP contribution >= 0.6 is 0 Å². The highest BCUT2D eigenvalue weighted by Gasteiger charge is 2.27. The van der Waals surface area contributed by atoms with Gasteiger partial charge in [0, 0.05) is 31.8 Å². The lowest BCUT2D eigenvalue weighted by Gasteiger charge is -2.29. The summed E-state index contributed by atoms with van der Waals surface area (Å²) in [6, 6.07) is 9.53. The average Bonchev–Trinajstić information content (AvgIpc) is 2.74. The van der Waals surface area contributed by atoms with Crippen molar-refractivity contribution < 1.29 is 29.8 Å². The third-order valence-corrected chi connectivity index (χ3v) is 4.98. The summed E-state index contributed by atoms with van der Waals surface area (Å²) in [4.78, 5) is 21.6. The van der Waals surface area contributed by atoms with Crippen LogP contribution < -0.4 is 10.6 Å². The molecule has 0 fully saturated rings. The molecule has 1 aliphatic heterocycles. The molecule has 4 atom stereocenters. The van der Waals surface area contributed by atoms with Crippen molar-refractivity contribution in [3.05, 3.63) is 48.0 Å². The first-order chi connectivity index (χ1) is 14.5. The number of amides is 1. The zero-order valence-corrected chi connectivity index (χ0v) is 17.7. The first kappa shape index (κ1) is 24.5. The quantitative estimate of drug-likeness (QED) is 0.303. The van der Waals surface area contributed by atoms with Crippen LogP contribution in [0.5, 0.6) is 0 Å². The number of nitrogens with one attached hydrogen (secondary N) is 2. The van der Waals surface area contributed by atoms with Gasteiger partial charge in [-0.15, -0.1) is 0 Å². The van der Waals surface area contributed by atoms with E-state index >= 15 is 0 Å². The predicted molar refractivity (Wildman–Crippen MR) is 112 cm³/mol. The van der Waals surface area contributed by atoms with Gasteiger partial charge in [0.2, 0.25) is 5.91 Å². The first-order valence-electron chi connectivity index (χ1n) is 10.5. The number of allylic oxidation sites excluding steroid dienone is 2. The molecule has 2 rings (SSSR count). The molecule has 1 heterocycles. The summed E-state index contributed by atoms with van der Waals surface area (Å²) >= 11 is 0. The fourth-order valence-corrected chi connectivity index (χ4v) is 3.32. The second-order valence-electron chi connectivity index (χ2n) is 7.95. The highest BCUT2D eigenvalue weighted by Crippen LogP contribution is 2.23. The van der Waals surface area contributed by atoms with E-state index in [2.05, 4.69) is 15.5 Å². The molecule has 168 valence electrons. The van der Waals surface area contributed by atoms with Gasteiger partial charge in [0.1, 0.15) is 6.23 Å². The van der Waals surface area contributed by atoms with Crippen molar-refractivity contribution >= 4 is 5.91 Å². The van der Waals surface area contributed by atoms with Gasteiger partial charge in [0.05, 0.1) is 6.10 Å². The van der Waals surface area contributed by atoms with Crippen molar-refractivity contribution in [1.82, 2.24) is 10.6 Å². The van der Waals surface area contributed by atoms with Gasteiger partial charge in [-0.05, 0) is 24.3 Å². The zero-order chi connectivity index (χ0) is 21.8. The molecule has 4 N–H and O–H groups in total. The van der Waals surface area contributed by atoms with Crippen LogP contribution in [0.3, 0.4) is 0 Å². The van der Waals surface area contributed by atoms with Crippen molar-refractivity contribution in [2.45, 2.75) is 58.2 Å². The first-order valence-corrected chi connectivity index (χ1v) is 10.5. The largest absolute Gasteiger partial charge is 0.356 e. The van der Waals surface area contributed by atoms with E-state index in [9.17, 15) is 15.3 Å². The minimum Gasteiger partial charge on any atom is -0.356 e. The van der Waals surface area contributed by atoms with Gasteiger partial charge in [0.25, 0.3) is 0 Å². The summed E-state index contributed by atoms with van der Waals surface area (Å²) in [5.74, 6) is 0.0143. The Balaban J connectivity index is 2.14. The van der Waals surface area contributed by atoms with Gasteiger partial charge in [-0.25, -0.2) is 15.0 Å². The molecule has 0 spiro atoms. The van der Waals surface area contributed by atoms with Gasteiger partial charge in [0.15, 0.2) is 6.29 Å². The molecule has 1 aromatic carbocycles. The monoisotopic (exact) mass is 422 g/mol. The van der Waals surface area contributed by atoms with Crippen LogP contribution in [0, 0.1) is 11.8 Å². The highest BCUT2D eigenvalue weighted by molar-refractivity contribution is 5.76. The maximum atomic E-state index is 12.4. The maximum absolute atomic E-state index is 12.4. The molecule has 8 heteroatoms. The number of ether oxygens (including phenoxy) is 1. The Morgan fingerprint density at radius 3 is 2.67 bits per heavy atom. The van der Waals surface area contributed by atoms with E-state index in [0.29, 0.717) is 38.3 Å². The van der Waals surface area contributed by atoms with E-state index in [4.69, 9.17) is 9.62 Å². The second-order valence-corrected chi connectivity index (χ2v) is 7.95. The Labute approximate surface area is 178 Å². The smallest absolute Gasteiger partial charge is 0.220 e. The van der Waals surface area contributed by atoms with E-state index in [1.165, 1.54) is 0 Å². The summed E-state index contributed by atoms with van der Waals surface area (Å²) in [5, 5.41) is 24.8. The number of hydrogen-bond acceptors (Lipinski definition) is 7. The predicted octanol–water partition coefficient (Wildman–Crippen LogP) is 3.48. The van der Waals surface area contributed by atoms with Crippen molar-refractivity contribution in [2.75, 3.05) is 13.1 Å². The van der Waals surface area contributed by atoms with Crippen molar-refractivity contribution in [2.24, 2.45) is 11.8 Å². The molecule has 30 heavy (non-hydrogen) atoms. The SMILES string of the molecule is CC(C)CNC(=O)C[C@@H]1C/C=C/CCC(OO)O[C@H](c2ccccc2)CNC1OO. The lowest BCUT2D eigenvalue weighted by atomic mass is 9.97. The third-order valence-electron chi connectivity index (χ3n) is 4.98. The van der Waals surface area contributed by atoms with Crippen LogP contribution in [0.1, 0.15) is 51.2 Å². The number of carbonyl (C=O) groups excluding carboxylic acids is 1. The summed E-state index contributed by atoms with van der Waals surface area (Å²) in [7, 11) is 0. The number of benzene rings is 1. The Morgan fingerprint density at radius 1 is 1.23 bits per heavy atom. The topological polar surface area (TPSA) is 109 Å². The molecule has 0 bridgehead atoms. The summed E-state index contributed by atoms with van der Waals surface area (Å²) in [6.45, 7) is 4.97. The molecule has 0 radical (unpaired) electrons. The minimum absolute atomic E-state index is 0.0809. The fourth-order valence-electron chi connectivity index (χ4n) is 3.32. The van der Waals surface area contributed by atoms with Gasteiger partial charge < -0.3 is 10.1 Å². The Hall–Kier alpha value is -1.81. The molecule has 0 saturated carbocycles. The fraction of sp³-hybridized carbons (Fsp3) is 0.591. The van der Waals surface area contributed by atoms with Crippen LogP contribution in [-0.2, 0) is 19.3 Å². The Morgan fingerprint density at radius 2 is 2.00 bits per heavy atom. The zero-order valence-electron chi connectivity index (χ0n) is 17.7. The number of hydrogen-bond donors (Lipinski definition) is 4. The summed E-state index contributed by atoms with van der Waals surface area (Å²) in [5.41, 5.74) is 0.891. The van der Waals surface area contributed by atoms with Crippen LogP contribution in [0.2, 0.25) is 0 Å². The van der Waals surface area contributed by atoms with Crippen molar-refractivity contribution in [1.29, 1.82) is 0 Å². The standard InChI is InChI=1S/C22H34N2O6/c1-16(2)14-23-20(25)13-18-11-7-4-8-12-21(29-26)28-19(15-24-22(18)30-27)17-9-5-3-6-10-17/h3-7,9-10,16,18-19,21-22,24,26-27H,8,11-15H2,1-2H3,(H,23,25)/b7-4+/t18-,19-,21?,22?/m0/s1. The molecule has 1 amide bonds. The lowest BCUT2D eigenvalue weighted by molar-refractivity contribution is -0.357. The van der Waals surface area contributed by atoms with Gasteiger partial charge in [-0.3, -0.25) is 15.4 Å². The van der Waals surface area contributed by atoms with Gasteiger partial charge >= 0.3 is 0 Å². The van der Waals surface area contributed by atoms with E-state index < -0.39 is 18.6 Å². The van der Waals surface area contributed by atoms with Crippen molar-refractivity contribution in [3.8, 4) is 0 Å². The van der Waals surface area contributed by atoms with Crippen LogP contribution in [0.4, 0.5) is 0 Å². The molecular weight excluding hydrogens is 388 g/mol. The van der Waals surface area contributed by atoms with Gasteiger partial charge in [-0.2, -0.15) is 0 Å². The Bertz CT molecular complexity index is 640. The molecule has 0 saturated heterocycles. The van der Waals surface area contributed by atoms with Crippen LogP contribution in [0.25, 0.3) is 0 Å². The second kappa shape index (κ2) is 13.5. The van der Waals surface area contributed by atoms with E-state index in [-0.39, 0.29) is 18.2 Å². The third kappa shape index (κ3) is 8.51. The molecule has 0 aromatic heterocycles. The average molecular weight is 423 g/mol. The molecule has 1 aromatic rings. The van der Waals surface area contributed by atoms with Crippen molar-refractivity contribution in [3.63, 3.8) is 0 Å². The number of carbonyl (C=O) groups is 1. The van der Waals surface area contributed by atoms with Crippen LogP contribution in [-0.4, -0.2) is 42.0 Å². The van der Waals surface area contributed by atoms with E-state index in [1.54, 1.807) is 0 Å². The van der Waals surface area contributed by atoms with Crippen LogP contribution in [0.15, 0.2) is 42.5 Å². The normalized spacial score (nSPS) is 27.1. The molecule has 8 nitrogen and oxygen atoms in total. The minimum atomic E-state index is -0.785. The molecule has 1 aliphatic rings. The summed E-state index contributed by atoms with van der Waals surface area (Å²) in [6.07, 6.45) is 3.78. The number of rotatable bonds is 7. The molecule has 0 aliphatic carbocycles. The highest BCUT2D eigenvalue weighted by atomic mass is 17.1. The van der Waals surface area contributed by atoms with Gasteiger partial charge in [-0.1, -0.05) is 56.3 Å². The van der Waals surface area contributed by atoms with E-state index in [0.717, 1.165) is 5.56 Å². The van der Waals surface area contributed by atoms with E-state index in [1.807, 2.05) is 56.3 Å².